The predicted molar refractivity (Wildman–Crippen MR) is 326 cm³/mol. The third kappa shape index (κ3) is 6.29. The molecule has 0 unspecified atom stereocenters. The number of anilines is 3. The van der Waals surface area contributed by atoms with Crippen molar-refractivity contribution in [3.63, 3.8) is 0 Å². The van der Waals surface area contributed by atoms with Crippen molar-refractivity contribution in [2.24, 2.45) is 0 Å². The Hall–Kier alpha value is -9.28. The summed E-state index contributed by atoms with van der Waals surface area (Å²) in [4.78, 5) is 2.53. The Balaban J connectivity index is 0.946. The van der Waals surface area contributed by atoms with Crippen LogP contribution in [0.15, 0.2) is 267 Å². The molecule has 0 spiro atoms. The van der Waals surface area contributed by atoms with E-state index in [1.54, 1.807) is 0 Å². The number of aromatic nitrogens is 1. The van der Waals surface area contributed by atoms with Crippen molar-refractivity contribution in [1.82, 2.24) is 4.57 Å². The minimum atomic E-state index is -0.614. The van der Waals surface area contributed by atoms with E-state index in [4.69, 9.17) is 0 Å². The van der Waals surface area contributed by atoms with E-state index in [1.807, 2.05) is 11.3 Å². The van der Waals surface area contributed by atoms with Gasteiger partial charge in [0.15, 0.2) is 0 Å². The van der Waals surface area contributed by atoms with E-state index in [-0.39, 0.29) is 5.41 Å². The molecule has 2 aromatic heterocycles. The van der Waals surface area contributed by atoms with E-state index in [1.165, 1.54) is 114 Å². The average molecular weight is 999 g/mol. The highest BCUT2D eigenvalue weighted by atomic mass is 32.1. The highest BCUT2D eigenvalue weighted by Crippen LogP contribution is 2.59. The molecule has 0 amide bonds. The van der Waals surface area contributed by atoms with Gasteiger partial charge in [-0.25, -0.2) is 0 Å². The Kier molecular flexibility index (Phi) is 9.50. The second-order valence-corrected chi connectivity index (χ2v) is 22.6. The minimum absolute atomic E-state index is 0.264. The van der Waals surface area contributed by atoms with Crippen molar-refractivity contribution in [2.45, 2.75) is 24.7 Å². The quantitative estimate of drug-likeness (QED) is 0.154. The molecular formula is C74H50N2S. The highest BCUT2D eigenvalue weighted by molar-refractivity contribution is 7.26. The largest absolute Gasteiger partial charge is 0.310 e. The van der Waals surface area contributed by atoms with Crippen molar-refractivity contribution in [1.29, 1.82) is 0 Å². The lowest BCUT2D eigenvalue weighted by atomic mass is 9.66. The fourth-order valence-electron chi connectivity index (χ4n) is 13.9. The molecule has 14 aromatic rings. The van der Waals surface area contributed by atoms with Gasteiger partial charge in [0.05, 0.1) is 16.4 Å². The molecule has 2 nitrogen and oxygen atoms in total. The molecule has 77 heavy (non-hydrogen) atoms. The van der Waals surface area contributed by atoms with Crippen LogP contribution in [0.5, 0.6) is 0 Å². The van der Waals surface area contributed by atoms with Gasteiger partial charge in [0.2, 0.25) is 0 Å². The molecule has 0 saturated carbocycles. The number of thiophene rings is 1. The van der Waals surface area contributed by atoms with Crippen LogP contribution in [0.4, 0.5) is 17.1 Å². The molecule has 2 aliphatic carbocycles. The number of fused-ring (bicyclic) bond motifs is 14. The Morgan fingerprint density at radius 1 is 0.364 bits per heavy atom. The van der Waals surface area contributed by atoms with Crippen LogP contribution in [0, 0.1) is 0 Å². The fraction of sp³-hybridized carbons (Fsp3) is 0.0541. The maximum absolute atomic E-state index is 2.53. The summed E-state index contributed by atoms with van der Waals surface area (Å²) < 4.78 is 5.08. The standard InChI is InChI=1S/C74H50N2S/c1-73(2)65-41-42-69-72(61-38-35-49(43-70(61)77-69)47-19-5-3-6-20-47)71(65)60-40-37-53(45-66(60)73)75(54-36-39-59-58-30-13-16-34-67(58)76(68(59)46-54)51-24-7-4-8-25-51)52-26-18-23-50(44-52)74(62-33-17-22-48-21-9-10-27-55(48)62)63-31-14-11-28-56(63)57-29-12-15-32-64(57)74/h3-46H,1-2H3. The van der Waals surface area contributed by atoms with Crippen LogP contribution in [-0.2, 0) is 10.8 Å². The Morgan fingerprint density at radius 3 is 1.81 bits per heavy atom. The fourth-order valence-corrected chi connectivity index (χ4v) is 15.0. The normalized spacial score (nSPS) is 13.8. The summed E-state index contributed by atoms with van der Waals surface area (Å²) in [7, 11) is 0. The Labute approximate surface area is 452 Å². The first-order valence-corrected chi connectivity index (χ1v) is 27.6. The molecule has 2 aliphatic rings. The summed E-state index contributed by atoms with van der Waals surface area (Å²) in [6.07, 6.45) is 0. The van der Waals surface area contributed by atoms with Crippen LogP contribution in [0.1, 0.15) is 47.2 Å². The summed E-state index contributed by atoms with van der Waals surface area (Å²) in [6, 6.07) is 100. The van der Waals surface area contributed by atoms with Gasteiger partial charge in [0.1, 0.15) is 0 Å². The van der Waals surface area contributed by atoms with E-state index in [0.717, 1.165) is 28.3 Å². The first kappa shape index (κ1) is 44.1. The van der Waals surface area contributed by atoms with Crippen LogP contribution in [-0.4, -0.2) is 4.57 Å². The van der Waals surface area contributed by atoms with Crippen LogP contribution in [0.3, 0.4) is 0 Å². The van der Waals surface area contributed by atoms with Crippen LogP contribution in [0.25, 0.3) is 91.8 Å². The lowest BCUT2D eigenvalue weighted by Gasteiger charge is -2.36. The van der Waals surface area contributed by atoms with E-state index in [0.29, 0.717) is 0 Å². The summed E-state index contributed by atoms with van der Waals surface area (Å²) in [6.45, 7) is 4.85. The third-order valence-electron chi connectivity index (χ3n) is 17.2. The number of para-hydroxylation sites is 2. The maximum atomic E-state index is 2.53. The van der Waals surface area contributed by atoms with Crippen LogP contribution < -0.4 is 4.90 Å². The summed E-state index contributed by atoms with van der Waals surface area (Å²) in [5.41, 5.74) is 21.5. The third-order valence-corrected chi connectivity index (χ3v) is 18.4. The highest BCUT2D eigenvalue weighted by Gasteiger charge is 2.47. The smallest absolute Gasteiger partial charge is 0.0720 e. The van der Waals surface area contributed by atoms with Crippen LogP contribution >= 0.6 is 11.3 Å². The molecular weight excluding hydrogens is 949 g/mol. The summed E-state index contributed by atoms with van der Waals surface area (Å²) in [5.74, 6) is 0. The zero-order valence-corrected chi connectivity index (χ0v) is 43.5. The lowest BCUT2D eigenvalue weighted by molar-refractivity contribution is 0.661. The molecule has 0 aliphatic heterocycles. The Morgan fingerprint density at radius 2 is 0.987 bits per heavy atom. The molecule has 0 fully saturated rings. The van der Waals surface area contributed by atoms with Gasteiger partial charge in [0, 0.05) is 59.1 Å². The average Bonchev–Trinajstić information content (AvgIpc) is 4.33. The maximum Gasteiger partial charge on any atom is 0.0720 e. The number of hydrogen-bond donors (Lipinski definition) is 0. The van der Waals surface area contributed by atoms with E-state index >= 15 is 0 Å². The zero-order valence-electron chi connectivity index (χ0n) is 42.7. The molecule has 3 heteroatoms. The topological polar surface area (TPSA) is 8.17 Å². The van der Waals surface area contributed by atoms with Gasteiger partial charge in [0.25, 0.3) is 0 Å². The predicted octanol–water partition coefficient (Wildman–Crippen LogP) is 20.1. The van der Waals surface area contributed by atoms with Gasteiger partial charge in [-0.15, -0.1) is 11.3 Å². The van der Waals surface area contributed by atoms with Crippen molar-refractivity contribution in [2.75, 3.05) is 4.90 Å². The van der Waals surface area contributed by atoms with Gasteiger partial charge in [-0.05, 0) is 144 Å². The molecule has 12 aromatic carbocycles. The van der Waals surface area contributed by atoms with Crippen LogP contribution in [0.2, 0.25) is 0 Å². The zero-order chi connectivity index (χ0) is 51.0. The SMILES string of the molecule is CC1(C)c2cc(N(c3cccc(C4(c5cccc6ccccc56)c5ccccc5-c5ccccc54)c3)c3ccc4c5ccccc5n(-c5ccccc5)c4c3)ccc2-c2c1ccc1sc3cc(-c4ccccc4)ccc3c21. The summed E-state index contributed by atoms with van der Waals surface area (Å²) in [5, 5.41) is 7.64. The minimum Gasteiger partial charge on any atom is -0.310 e. The Bertz CT molecular complexity index is 4680. The van der Waals surface area contributed by atoms with Crippen molar-refractivity contribution in [3.05, 3.63) is 300 Å². The number of benzene rings is 12. The molecule has 0 atom stereocenters. The monoisotopic (exact) mass is 998 g/mol. The molecule has 16 rings (SSSR count). The van der Waals surface area contributed by atoms with Gasteiger partial charge in [-0.3, -0.25) is 0 Å². The van der Waals surface area contributed by atoms with Crippen molar-refractivity contribution < 1.29 is 0 Å². The molecule has 2 heterocycles. The summed E-state index contributed by atoms with van der Waals surface area (Å²) >= 11 is 1.91. The van der Waals surface area contributed by atoms with Gasteiger partial charge in [-0.1, -0.05) is 214 Å². The second kappa shape index (κ2) is 16.6. The second-order valence-electron chi connectivity index (χ2n) is 21.5. The molecule has 0 saturated heterocycles. The van der Waals surface area contributed by atoms with E-state index in [2.05, 4.69) is 290 Å². The van der Waals surface area contributed by atoms with Crippen molar-refractivity contribution in [3.8, 4) is 39.1 Å². The molecule has 0 radical (unpaired) electrons. The number of hydrogen-bond acceptors (Lipinski definition) is 2. The van der Waals surface area contributed by atoms with E-state index < -0.39 is 5.41 Å². The van der Waals surface area contributed by atoms with Gasteiger partial charge in [-0.2, -0.15) is 0 Å². The first-order chi connectivity index (χ1) is 37.9. The number of nitrogens with zero attached hydrogens (tertiary/aromatic N) is 2. The first-order valence-electron chi connectivity index (χ1n) is 26.8. The molecule has 0 bridgehead atoms. The van der Waals surface area contributed by atoms with Gasteiger partial charge < -0.3 is 9.47 Å². The van der Waals surface area contributed by atoms with Gasteiger partial charge >= 0.3 is 0 Å². The van der Waals surface area contributed by atoms with Crippen molar-refractivity contribution >= 4 is 81.1 Å². The van der Waals surface area contributed by atoms with E-state index in [9.17, 15) is 0 Å². The molecule has 0 N–H and O–H groups in total. The number of rotatable bonds is 7. The molecule has 362 valence electrons. The lowest BCUT2D eigenvalue weighted by Crippen LogP contribution is -2.29.